The van der Waals surface area contributed by atoms with Gasteiger partial charge < -0.3 is 16.8 Å². The molecule has 0 aliphatic heterocycles. The minimum atomic E-state index is -0.295. The highest BCUT2D eigenvalue weighted by Crippen LogP contribution is 2.10. The fourth-order valence-corrected chi connectivity index (χ4v) is 1.35. The molecule has 0 bridgehead atoms. The summed E-state index contributed by atoms with van der Waals surface area (Å²) in [6.07, 6.45) is 0.340. The van der Waals surface area contributed by atoms with Crippen molar-refractivity contribution in [3.8, 4) is 0 Å². The predicted octanol–water partition coefficient (Wildman–Crippen LogP) is 0.622. The van der Waals surface area contributed by atoms with Gasteiger partial charge in [0.15, 0.2) is 0 Å². The molecule has 0 saturated carbocycles. The maximum atomic E-state index is 10.6. The molecule has 1 aromatic rings. The van der Waals surface area contributed by atoms with Gasteiger partial charge in [0, 0.05) is 24.7 Å². The Labute approximate surface area is 89.6 Å². The molecule has 5 N–H and O–H groups in total. The highest BCUT2D eigenvalue weighted by molar-refractivity contribution is 5.74. The summed E-state index contributed by atoms with van der Waals surface area (Å²) in [4.78, 5) is 10.6. The Balaban J connectivity index is 2.43. The van der Waals surface area contributed by atoms with Crippen LogP contribution in [0.15, 0.2) is 24.3 Å². The van der Waals surface area contributed by atoms with Gasteiger partial charge in [-0.2, -0.15) is 0 Å². The van der Waals surface area contributed by atoms with Gasteiger partial charge in [0.2, 0.25) is 5.91 Å². The molecular weight excluding hydrogens is 190 g/mol. The maximum absolute atomic E-state index is 10.6. The van der Waals surface area contributed by atoms with Gasteiger partial charge in [-0.1, -0.05) is 18.2 Å². The first-order valence-corrected chi connectivity index (χ1v) is 4.94. The molecule has 1 atom stereocenters. The Kier molecular flexibility index (Phi) is 4.12. The molecule has 0 aliphatic carbocycles. The quantitative estimate of drug-likeness (QED) is 0.619. The van der Waals surface area contributed by atoms with Crippen molar-refractivity contribution in [2.75, 3.05) is 5.73 Å². The molecule has 15 heavy (non-hydrogen) atoms. The molecule has 82 valence electrons. The number of carbonyl (C=O) groups is 1. The topological polar surface area (TPSA) is 81.1 Å². The average Bonchev–Trinajstić information content (AvgIpc) is 2.15. The van der Waals surface area contributed by atoms with Crippen LogP contribution >= 0.6 is 0 Å². The minimum absolute atomic E-state index is 0.0714. The number of rotatable bonds is 5. The molecule has 1 rings (SSSR count). The van der Waals surface area contributed by atoms with Crippen LogP contribution in [0.3, 0.4) is 0 Å². The lowest BCUT2D eigenvalue weighted by molar-refractivity contribution is -0.118. The number of hydrogen-bond acceptors (Lipinski definition) is 3. The van der Waals surface area contributed by atoms with E-state index in [1.54, 1.807) is 0 Å². The number of amides is 1. The van der Waals surface area contributed by atoms with Crippen LogP contribution in [0.5, 0.6) is 0 Å². The maximum Gasteiger partial charge on any atom is 0.218 e. The normalized spacial score (nSPS) is 12.3. The second-order valence-electron chi connectivity index (χ2n) is 3.65. The lowest BCUT2D eigenvalue weighted by Crippen LogP contribution is -2.30. The minimum Gasteiger partial charge on any atom is -0.398 e. The van der Waals surface area contributed by atoms with Crippen LogP contribution in [-0.4, -0.2) is 11.9 Å². The van der Waals surface area contributed by atoms with Gasteiger partial charge in [0.05, 0.1) is 0 Å². The van der Waals surface area contributed by atoms with Gasteiger partial charge in [-0.05, 0) is 18.6 Å². The van der Waals surface area contributed by atoms with Crippen LogP contribution < -0.4 is 16.8 Å². The van der Waals surface area contributed by atoms with E-state index in [1.807, 2.05) is 31.2 Å². The van der Waals surface area contributed by atoms with Crippen molar-refractivity contribution in [3.05, 3.63) is 29.8 Å². The van der Waals surface area contributed by atoms with Crippen LogP contribution in [0.1, 0.15) is 18.9 Å². The van der Waals surface area contributed by atoms with E-state index >= 15 is 0 Å². The first kappa shape index (κ1) is 11.5. The zero-order chi connectivity index (χ0) is 11.3. The third kappa shape index (κ3) is 3.99. The van der Waals surface area contributed by atoms with E-state index in [1.165, 1.54) is 0 Å². The van der Waals surface area contributed by atoms with Gasteiger partial charge in [-0.3, -0.25) is 4.79 Å². The van der Waals surface area contributed by atoms with Crippen molar-refractivity contribution >= 4 is 11.6 Å². The van der Waals surface area contributed by atoms with E-state index in [0.29, 0.717) is 13.0 Å². The number of carbonyl (C=O) groups excluding carboxylic acids is 1. The van der Waals surface area contributed by atoms with Crippen LogP contribution in [0, 0.1) is 0 Å². The van der Waals surface area contributed by atoms with E-state index in [-0.39, 0.29) is 11.9 Å². The van der Waals surface area contributed by atoms with E-state index in [2.05, 4.69) is 5.32 Å². The van der Waals surface area contributed by atoms with Gasteiger partial charge in [-0.15, -0.1) is 0 Å². The van der Waals surface area contributed by atoms with Crippen molar-refractivity contribution in [3.63, 3.8) is 0 Å². The van der Waals surface area contributed by atoms with E-state index in [4.69, 9.17) is 11.5 Å². The first-order chi connectivity index (χ1) is 7.09. The third-order valence-corrected chi connectivity index (χ3v) is 2.20. The molecule has 0 heterocycles. The van der Waals surface area contributed by atoms with Crippen molar-refractivity contribution in [2.24, 2.45) is 5.73 Å². The molecule has 1 unspecified atom stereocenters. The lowest BCUT2D eigenvalue weighted by Gasteiger charge is -2.12. The average molecular weight is 207 g/mol. The number of anilines is 1. The van der Waals surface area contributed by atoms with Gasteiger partial charge >= 0.3 is 0 Å². The Morgan fingerprint density at radius 3 is 2.73 bits per heavy atom. The number of hydrogen-bond donors (Lipinski definition) is 3. The molecular formula is C11H17N3O. The summed E-state index contributed by atoms with van der Waals surface area (Å²) >= 11 is 0. The Morgan fingerprint density at radius 2 is 2.13 bits per heavy atom. The molecule has 0 spiro atoms. The molecule has 1 aromatic carbocycles. The summed E-state index contributed by atoms with van der Waals surface area (Å²) in [5.41, 5.74) is 12.7. The molecule has 4 nitrogen and oxygen atoms in total. The Hall–Kier alpha value is -1.55. The van der Waals surface area contributed by atoms with Crippen molar-refractivity contribution < 1.29 is 4.79 Å². The van der Waals surface area contributed by atoms with E-state index < -0.39 is 0 Å². The van der Waals surface area contributed by atoms with Crippen LogP contribution in [0.25, 0.3) is 0 Å². The molecule has 1 amide bonds. The highest BCUT2D eigenvalue weighted by Gasteiger charge is 2.05. The molecule has 0 aromatic heterocycles. The third-order valence-electron chi connectivity index (χ3n) is 2.20. The summed E-state index contributed by atoms with van der Waals surface area (Å²) in [7, 11) is 0. The van der Waals surface area contributed by atoms with Crippen molar-refractivity contribution in [2.45, 2.75) is 25.9 Å². The largest absolute Gasteiger partial charge is 0.398 e. The monoisotopic (exact) mass is 207 g/mol. The Morgan fingerprint density at radius 1 is 1.47 bits per heavy atom. The summed E-state index contributed by atoms with van der Waals surface area (Å²) in [5, 5.41) is 3.19. The van der Waals surface area contributed by atoms with Crippen LogP contribution in [0.2, 0.25) is 0 Å². The first-order valence-electron chi connectivity index (χ1n) is 4.94. The standard InChI is InChI=1S/C11H17N3O/c1-8(6-11(13)15)14-7-9-4-2-3-5-10(9)12/h2-5,8,14H,6-7,12H2,1H3,(H2,13,15). The summed E-state index contributed by atoms with van der Waals surface area (Å²) < 4.78 is 0. The van der Waals surface area contributed by atoms with Crippen LogP contribution in [-0.2, 0) is 11.3 Å². The fourth-order valence-electron chi connectivity index (χ4n) is 1.35. The zero-order valence-corrected chi connectivity index (χ0v) is 8.86. The summed E-state index contributed by atoms with van der Waals surface area (Å²) in [5.74, 6) is -0.295. The van der Waals surface area contributed by atoms with Crippen molar-refractivity contribution in [1.29, 1.82) is 0 Å². The van der Waals surface area contributed by atoms with E-state index in [9.17, 15) is 4.79 Å². The molecule has 0 saturated heterocycles. The van der Waals surface area contributed by atoms with Gasteiger partial charge in [0.25, 0.3) is 0 Å². The number of para-hydroxylation sites is 1. The zero-order valence-electron chi connectivity index (χ0n) is 8.86. The number of nitrogen functional groups attached to an aromatic ring is 1. The summed E-state index contributed by atoms with van der Waals surface area (Å²) in [6, 6.07) is 7.72. The number of nitrogens with two attached hydrogens (primary N) is 2. The van der Waals surface area contributed by atoms with Gasteiger partial charge in [-0.25, -0.2) is 0 Å². The van der Waals surface area contributed by atoms with E-state index in [0.717, 1.165) is 11.3 Å². The predicted molar refractivity (Wildman–Crippen MR) is 61.0 cm³/mol. The SMILES string of the molecule is CC(CC(N)=O)NCc1ccccc1N. The Bertz CT molecular complexity index is 338. The van der Waals surface area contributed by atoms with Crippen molar-refractivity contribution in [1.82, 2.24) is 5.32 Å². The highest BCUT2D eigenvalue weighted by atomic mass is 16.1. The summed E-state index contributed by atoms with van der Waals surface area (Å²) in [6.45, 7) is 2.57. The molecule has 0 fully saturated rings. The molecule has 0 radical (unpaired) electrons. The smallest absolute Gasteiger partial charge is 0.218 e. The fraction of sp³-hybridized carbons (Fsp3) is 0.364. The second kappa shape index (κ2) is 5.36. The van der Waals surface area contributed by atoms with Crippen LogP contribution in [0.4, 0.5) is 5.69 Å². The molecule has 0 aliphatic rings. The molecule has 4 heteroatoms. The lowest BCUT2D eigenvalue weighted by atomic mass is 10.1. The number of primary amides is 1. The van der Waals surface area contributed by atoms with Gasteiger partial charge in [0.1, 0.15) is 0 Å². The number of nitrogens with one attached hydrogen (secondary N) is 1. The number of benzene rings is 1. The second-order valence-corrected chi connectivity index (χ2v) is 3.65.